The van der Waals surface area contributed by atoms with Crippen LogP contribution < -0.4 is 5.32 Å². The first kappa shape index (κ1) is 14.4. The van der Waals surface area contributed by atoms with Gasteiger partial charge < -0.3 is 10.2 Å². The fourth-order valence-corrected chi connectivity index (χ4v) is 3.84. The maximum Gasteiger partial charge on any atom is 0.253 e. The molecule has 2 bridgehead atoms. The van der Waals surface area contributed by atoms with Crippen molar-refractivity contribution in [1.82, 2.24) is 25.0 Å². The Hall–Kier alpha value is -2.21. The molecule has 2 atom stereocenters. The van der Waals surface area contributed by atoms with Crippen LogP contribution in [-0.4, -0.2) is 50.7 Å². The summed E-state index contributed by atoms with van der Waals surface area (Å²) in [6, 6.07) is 9.06. The van der Waals surface area contributed by atoms with Crippen LogP contribution in [0.5, 0.6) is 0 Å². The van der Waals surface area contributed by atoms with Gasteiger partial charge in [-0.15, -0.1) is 0 Å². The molecular formula is C17H21N5O. The Kier molecular flexibility index (Phi) is 3.61. The van der Waals surface area contributed by atoms with Gasteiger partial charge in [0.25, 0.3) is 5.91 Å². The van der Waals surface area contributed by atoms with Gasteiger partial charge in [-0.1, -0.05) is 6.07 Å². The normalized spacial score (nSPS) is 26.2. The van der Waals surface area contributed by atoms with Crippen LogP contribution >= 0.6 is 0 Å². The Labute approximate surface area is 135 Å². The lowest BCUT2D eigenvalue weighted by Gasteiger charge is -2.35. The molecule has 0 saturated carbocycles. The number of nitrogens with one attached hydrogen (secondary N) is 1. The van der Waals surface area contributed by atoms with Crippen LogP contribution in [0.4, 0.5) is 0 Å². The minimum Gasteiger partial charge on any atom is -0.339 e. The van der Waals surface area contributed by atoms with E-state index in [9.17, 15) is 4.79 Å². The molecule has 2 saturated heterocycles. The van der Waals surface area contributed by atoms with Crippen LogP contribution in [0.2, 0.25) is 0 Å². The van der Waals surface area contributed by atoms with Crippen LogP contribution in [0.3, 0.4) is 0 Å². The summed E-state index contributed by atoms with van der Waals surface area (Å²) in [7, 11) is 1.93. The van der Waals surface area contributed by atoms with Crippen molar-refractivity contribution < 1.29 is 4.79 Å². The Bertz CT molecular complexity index is 687. The Morgan fingerprint density at radius 3 is 2.78 bits per heavy atom. The van der Waals surface area contributed by atoms with Gasteiger partial charge in [0.05, 0.1) is 5.69 Å². The number of benzene rings is 1. The molecule has 6 heteroatoms. The molecular weight excluding hydrogens is 290 g/mol. The predicted molar refractivity (Wildman–Crippen MR) is 86.4 cm³/mol. The van der Waals surface area contributed by atoms with Crippen LogP contribution in [0, 0.1) is 0 Å². The van der Waals surface area contributed by atoms with Crippen molar-refractivity contribution in [2.75, 3.05) is 7.05 Å². The third-order valence-corrected chi connectivity index (χ3v) is 5.09. The fraction of sp³-hybridized carbons (Fsp3) is 0.471. The first-order valence-corrected chi connectivity index (χ1v) is 8.19. The van der Waals surface area contributed by atoms with Gasteiger partial charge >= 0.3 is 0 Å². The molecule has 2 aliphatic rings. The molecule has 1 N–H and O–H groups in total. The molecule has 1 aromatic carbocycles. The molecule has 1 amide bonds. The maximum absolute atomic E-state index is 12.9. The summed E-state index contributed by atoms with van der Waals surface area (Å²) in [5, 5.41) is 7.75. The lowest BCUT2D eigenvalue weighted by Crippen LogP contribution is -2.48. The summed E-state index contributed by atoms with van der Waals surface area (Å²) < 4.78 is 1.67. The summed E-state index contributed by atoms with van der Waals surface area (Å²) in [5.41, 5.74) is 1.55. The van der Waals surface area contributed by atoms with E-state index in [0.29, 0.717) is 23.7 Å². The van der Waals surface area contributed by atoms with E-state index in [-0.39, 0.29) is 5.91 Å². The van der Waals surface area contributed by atoms with Crippen molar-refractivity contribution in [3.8, 4) is 5.69 Å². The van der Waals surface area contributed by atoms with Gasteiger partial charge in [0.1, 0.15) is 12.7 Å². The van der Waals surface area contributed by atoms with Gasteiger partial charge in [-0.05, 0) is 43.9 Å². The zero-order chi connectivity index (χ0) is 15.8. The van der Waals surface area contributed by atoms with Gasteiger partial charge in [0.2, 0.25) is 0 Å². The lowest BCUT2D eigenvalue weighted by molar-refractivity contribution is 0.0681. The first-order valence-electron chi connectivity index (χ1n) is 8.19. The summed E-state index contributed by atoms with van der Waals surface area (Å²) in [4.78, 5) is 18.7. The van der Waals surface area contributed by atoms with Crippen LogP contribution in [-0.2, 0) is 0 Å². The number of nitrogens with zero attached hydrogens (tertiary/aromatic N) is 4. The first-order chi connectivity index (χ1) is 11.2. The highest BCUT2D eigenvalue weighted by Gasteiger charge is 2.36. The quantitative estimate of drug-likeness (QED) is 0.935. The molecule has 3 heterocycles. The highest BCUT2D eigenvalue weighted by Crippen LogP contribution is 2.29. The number of amides is 1. The lowest BCUT2D eigenvalue weighted by atomic mass is 9.98. The van der Waals surface area contributed by atoms with Gasteiger partial charge in [-0.3, -0.25) is 4.79 Å². The molecule has 2 aliphatic heterocycles. The standard InChI is InChI=1S/C17H21N5O/c1-21(16-8-13-5-6-14(9-16)20-13)17(23)12-3-2-4-15(7-12)22-11-18-10-19-22/h2-4,7,10-11,13-14,16,20H,5-6,8-9H2,1H3. The molecule has 4 rings (SSSR count). The molecule has 0 spiro atoms. The van der Waals surface area contributed by atoms with Crippen molar-refractivity contribution in [3.05, 3.63) is 42.5 Å². The fourth-order valence-electron chi connectivity index (χ4n) is 3.84. The number of carbonyl (C=O) groups is 1. The minimum absolute atomic E-state index is 0.0817. The van der Waals surface area contributed by atoms with Crippen molar-refractivity contribution in [2.24, 2.45) is 0 Å². The molecule has 0 aliphatic carbocycles. The second-order valence-corrected chi connectivity index (χ2v) is 6.57. The topological polar surface area (TPSA) is 63.1 Å². The number of piperidine rings is 1. The maximum atomic E-state index is 12.9. The summed E-state index contributed by atoms with van der Waals surface area (Å²) >= 11 is 0. The van der Waals surface area contributed by atoms with E-state index in [4.69, 9.17) is 0 Å². The van der Waals surface area contributed by atoms with E-state index in [1.165, 1.54) is 19.2 Å². The van der Waals surface area contributed by atoms with Crippen molar-refractivity contribution in [3.63, 3.8) is 0 Å². The molecule has 23 heavy (non-hydrogen) atoms. The van der Waals surface area contributed by atoms with Crippen LogP contribution in [0.15, 0.2) is 36.9 Å². The van der Waals surface area contributed by atoms with Crippen molar-refractivity contribution >= 4 is 5.91 Å². The number of aromatic nitrogens is 3. The zero-order valence-corrected chi connectivity index (χ0v) is 13.2. The van der Waals surface area contributed by atoms with E-state index in [0.717, 1.165) is 18.5 Å². The smallest absolute Gasteiger partial charge is 0.253 e. The Balaban J connectivity index is 1.53. The van der Waals surface area contributed by atoms with Crippen molar-refractivity contribution in [2.45, 2.75) is 43.8 Å². The number of hydrogen-bond acceptors (Lipinski definition) is 4. The Morgan fingerprint density at radius 2 is 2.09 bits per heavy atom. The molecule has 6 nitrogen and oxygen atoms in total. The third kappa shape index (κ3) is 2.74. The summed E-state index contributed by atoms with van der Waals surface area (Å²) in [6.45, 7) is 0. The molecule has 0 radical (unpaired) electrons. The number of rotatable bonds is 3. The number of carbonyl (C=O) groups excluding carboxylic acids is 1. The van der Waals surface area contributed by atoms with E-state index in [1.54, 1.807) is 11.0 Å². The minimum atomic E-state index is 0.0817. The summed E-state index contributed by atoms with van der Waals surface area (Å²) in [5.74, 6) is 0.0817. The van der Waals surface area contributed by atoms with Crippen LogP contribution in [0.25, 0.3) is 5.69 Å². The second kappa shape index (κ2) is 5.77. The average molecular weight is 311 g/mol. The van der Waals surface area contributed by atoms with Crippen LogP contribution in [0.1, 0.15) is 36.0 Å². The zero-order valence-electron chi connectivity index (χ0n) is 13.2. The highest BCUT2D eigenvalue weighted by atomic mass is 16.2. The van der Waals surface area contributed by atoms with Gasteiger partial charge in [0, 0.05) is 30.7 Å². The van der Waals surface area contributed by atoms with Crippen molar-refractivity contribution in [1.29, 1.82) is 0 Å². The molecule has 2 aromatic rings. The van der Waals surface area contributed by atoms with E-state index >= 15 is 0 Å². The largest absolute Gasteiger partial charge is 0.339 e. The van der Waals surface area contributed by atoms with Gasteiger partial charge in [0.15, 0.2) is 0 Å². The van der Waals surface area contributed by atoms with E-state index < -0.39 is 0 Å². The molecule has 2 unspecified atom stereocenters. The van der Waals surface area contributed by atoms with Gasteiger partial charge in [-0.25, -0.2) is 9.67 Å². The third-order valence-electron chi connectivity index (χ3n) is 5.09. The van der Waals surface area contributed by atoms with E-state index in [1.807, 2.05) is 36.2 Å². The number of fused-ring (bicyclic) bond motifs is 2. The molecule has 2 fully saturated rings. The highest BCUT2D eigenvalue weighted by molar-refractivity contribution is 5.94. The monoisotopic (exact) mass is 311 g/mol. The Morgan fingerprint density at radius 1 is 1.30 bits per heavy atom. The predicted octanol–water partition coefficient (Wildman–Crippen LogP) is 1.62. The molecule has 1 aromatic heterocycles. The average Bonchev–Trinajstić information content (AvgIpc) is 3.23. The second-order valence-electron chi connectivity index (χ2n) is 6.57. The SMILES string of the molecule is CN(C(=O)c1cccc(-n2cncn2)c1)C1CC2CCC(C1)N2. The molecule has 120 valence electrons. The van der Waals surface area contributed by atoms with Gasteiger partial charge in [-0.2, -0.15) is 5.10 Å². The summed E-state index contributed by atoms with van der Waals surface area (Å²) in [6.07, 6.45) is 7.72. The number of hydrogen-bond donors (Lipinski definition) is 1. The van der Waals surface area contributed by atoms with E-state index in [2.05, 4.69) is 15.4 Å².